The van der Waals surface area contributed by atoms with Crippen LogP contribution in [-0.2, 0) is 6.54 Å². The van der Waals surface area contributed by atoms with E-state index >= 15 is 0 Å². The molecule has 2 rings (SSSR count). The summed E-state index contributed by atoms with van der Waals surface area (Å²) < 4.78 is 0.993. The molecule has 2 aromatic rings. The lowest BCUT2D eigenvalue weighted by atomic mass is 10.2. The van der Waals surface area contributed by atoms with Gasteiger partial charge < -0.3 is 5.32 Å². The third-order valence-corrected chi connectivity index (χ3v) is 3.99. The lowest BCUT2D eigenvalue weighted by Gasteiger charge is -2.03. The van der Waals surface area contributed by atoms with Gasteiger partial charge in [-0.05, 0) is 34.1 Å². The number of carbonyl (C=O) groups is 1. The molecular formula is C12H9BrN2O3S. The molecule has 1 heterocycles. The van der Waals surface area contributed by atoms with Gasteiger partial charge in [0.25, 0.3) is 11.6 Å². The van der Waals surface area contributed by atoms with Crippen LogP contribution in [0.4, 0.5) is 5.69 Å². The Morgan fingerprint density at radius 2 is 2.16 bits per heavy atom. The molecule has 19 heavy (non-hydrogen) atoms. The van der Waals surface area contributed by atoms with E-state index in [1.54, 1.807) is 6.07 Å². The lowest BCUT2D eigenvalue weighted by molar-refractivity contribution is -0.384. The molecule has 0 saturated heterocycles. The summed E-state index contributed by atoms with van der Waals surface area (Å²) in [4.78, 5) is 23.0. The fraction of sp³-hybridized carbons (Fsp3) is 0.0833. The summed E-state index contributed by atoms with van der Waals surface area (Å²) in [5.74, 6) is -0.326. The number of hydrogen-bond donors (Lipinski definition) is 1. The Hall–Kier alpha value is -1.73. The highest BCUT2D eigenvalue weighted by molar-refractivity contribution is 9.11. The Balaban J connectivity index is 2.03. The van der Waals surface area contributed by atoms with Gasteiger partial charge in [0.05, 0.1) is 15.3 Å². The number of thiophene rings is 1. The third-order valence-electron chi connectivity index (χ3n) is 2.37. The second-order valence-corrected chi connectivity index (χ2v) is 6.24. The van der Waals surface area contributed by atoms with Gasteiger partial charge in [0.1, 0.15) is 0 Å². The fourth-order valence-corrected chi connectivity index (χ4v) is 2.90. The Kier molecular flexibility index (Phi) is 4.28. The van der Waals surface area contributed by atoms with E-state index in [2.05, 4.69) is 21.2 Å². The summed E-state index contributed by atoms with van der Waals surface area (Å²) in [6.45, 7) is 0.401. The monoisotopic (exact) mass is 340 g/mol. The largest absolute Gasteiger partial charge is 0.347 e. The highest BCUT2D eigenvalue weighted by Crippen LogP contribution is 2.22. The number of amides is 1. The molecule has 0 bridgehead atoms. The predicted molar refractivity (Wildman–Crippen MR) is 76.3 cm³/mol. The van der Waals surface area contributed by atoms with Crippen molar-refractivity contribution < 1.29 is 9.72 Å². The van der Waals surface area contributed by atoms with Gasteiger partial charge in [-0.1, -0.05) is 6.07 Å². The molecule has 98 valence electrons. The van der Waals surface area contributed by atoms with Crippen LogP contribution in [0.15, 0.2) is 40.2 Å². The van der Waals surface area contributed by atoms with Crippen LogP contribution in [0, 0.1) is 10.1 Å². The Morgan fingerprint density at radius 1 is 1.37 bits per heavy atom. The van der Waals surface area contributed by atoms with Crippen LogP contribution in [0.1, 0.15) is 15.2 Å². The van der Waals surface area contributed by atoms with Crippen molar-refractivity contribution in [2.45, 2.75) is 6.54 Å². The summed E-state index contributed by atoms with van der Waals surface area (Å²) >= 11 is 4.87. The smallest absolute Gasteiger partial charge is 0.270 e. The van der Waals surface area contributed by atoms with Gasteiger partial charge >= 0.3 is 0 Å². The average molecular weight is 341 g/mol. The minimum absolute atomic E-state index is 0.0912. The van der Waals surface area contributed by atoms with Crippen molar-refractivity contribution in [3.63, 3.8) is 0 Å². The minimum atomic E-state index is -0.521. The van der Waals surface area contributed by atoms with Gasteiger partial charge in [0.15, 0.2) is 0 Å². The zero-order chi connectivity index (χ0) is 13.8. The van der Waals surface area contributed by atoms with Gasteiger partial charge in [-0.25, -0.2) is 0 Å². The quantitative estimate of drug-likeness (QED) is 0.685. The summed E-state index contributed by atoms with van der Waals surface area (Å²) in [7, 11) is 0. The normalized spacial score (nSPS) is 10.2. The first kappa shape index (κ1) is 13.7. The SMILES string of the molecule is O=C(NCc1ccc(Br)s1)c1cccc([N+](=O)[O-])c1. The molecule has 0 aliphatic carbocycles. The minimum Gasteiger partial charge on any atom is -0.347 e. The van der Waals surface area contributed by atoms with Crippen molar-refractivity contribution in [1.29, 1.82) is 0 Å². The summed E-state index contributed by atoms with van der Waals surface area (Å²) in [6.07, 6.45) is 0. The topological polar surface area (TPSA) is 72.2 Å². The number of benzene rings is 1. The van der Waals surface area contributed by atoms with Gasteiger partial charge in [-0.15, -0.1) is 11.3 Å². The molecule has 0 atom stereocenters. The molecule has 0 unspecified atom stereocenters. The van der Waals surface area contributed by atoms with Crippen molar-refractivity contribution in [3.8, 4) is 0 Å². The van der Waals surface area contributed by atoms with E-state index < -0.39 is 4.92 Å². The highest BCUT2D eigenvalue weighted by atomic mass is 79.9. The lowest BCUT2D eigenvalue weighted by Crippen LogP contribution is -2.22. The van der Waals surface area contributed by atoms with Crippen LogP contribution >= 0.6 is 27.3 Å². The van der Waals surface area contributed by atoms with Crippen LogP contribution in [-0.4, -0.2) is 10.8 Å². The number of rotatable bonds is 4. The van der Waals surface area contributed by atoms with Crippen LogP contribution in [0.3, 0.4) is 0 Å². The number of nitrogens with zero attached hydrogens (tertiary/aromatic N) is 1. The van der Waals surface area contributed by atoms with Crippen LogP contribution in [0.2, 0.25) is 0 Å². The number of hydrogen-bond acceptors (Lipinski definition) is 4. The van der Waals surface area contributed by atoms with E-state index in [0.717, 1.165) is 8.66 Å². The summed E-state index contributed by atoms with van der Waals surface area (Å²) in [5.41, 5.74) is 0.191. The Labute approximate surface area is 121 Å². The Morgan fingerprint density at radius 3 is 2.79 bits per heavy atom. The van der Waals surface area contributed by atoms with Crippen LogP contribution < -0.4 is 5.32 Å². The molecule has 1 aromatic carbocycles. The molecule has 5 nitrogen and oxygen atoms in total. The zero-order valence-electron chi connectivity index (χ0n) is 9.63. The molecule has 1 amide bonds. The van der Waals surface area contributed by atoms with Gasteiger partial charge in [0, 0.05) is 22.6 Å². The molecule has 0 fully saturated rings. The number of nitro groups is 1. The maximum Gasteiger partial charge on any atom is 0.270 e. The molecule has 0 spiro atoms. The maximum atomic E-state index is 11.9. The van der Waals surface area contributed by atoms with E-state index in [-0.39, 0.29) is 17.2 Å². The van der Waals surface area contributed by atoms with Crippen molar-refractivity contribution in [2.75, 3.05) is 0 Å². The molecule has 1 aromatic heterocycles. The fourth-order valence-electron chi connectivity index (χ4n) is 1.48. The van der Waals surface area contributed by atoms with Crippen molar-refractivity contribution in [1.82, 2.24) is 5.32 Å². The Bertz CT molecular complexity index is 627. The number of nitro benzene ring substituents is 1. The third kappa shape index (κ3) is 3.62. The second-order valence-electron chi connectivity index (χ2n) is 3.70. The van der Waals surface area contributed by atoms with Gasteiger partial charge in [-0.2, -0.15) is 0 Å². The van der Waals surface area contributed by atoms with Gasteiger partial charge in [-0.3, -0.25) is 14.9 Å². The molecule has 7 heteroatoms. The second kappa shape index (κ2) is 5.94. The summed E-state index contributed by atoms with van der Waals surface area (Å²) in [5, 5.41) is 13.4. The van der Waals surface area contributed by atoms with Crippen LogP contribution in [0.25, 0.3) is 0 Å². The van der Waals surface area contributed by atoms with E-state index in [9.17, 15) is 14.9 Å². The van der Waals surface area contributed by atoms with Crippen molar-refractivity contribution in [2.24, 2.45) is 0 Å². The molecular weight excluding hydrogens is 332 g/mol. The van der Waals surface area contributed by atoms with Crippen molar-refractivity contribution >= 4 is 38.9 Å². The number of nitrogens with one attached hydrogen (secondary N) is 1. The standard InChI is InChI=1S/C12H9BrN2O3S/c13-11-5-4-10(19-11)7-14-12(16)8-2-1-3-9(6-8)15(17)18/h1-6H,7H2,(H,14,16). The molecule has 0 aliphatic heterocycles. The summed E-state index contributed by atoms with van der Waals surface area (Å²) in [6, 6.07) is 9.47. The van der Waals surface area contributed by atoms with E-state index in [1.165, 1.54) is 29.5 Å². The number of non-ortho nitro benzene ring substituents is 1. The molecule has 0 aliphatic rings. The number of halogens is 1. The van der Waals surface area contributed by atoms with E-state index in [1.807, 2.05) is 12.1 Å². The van der Waals surface area contributed by atoms with E-state index in [4.69, 9.17) is 0 Å². The first-order chi connectivity index (χ1) is 9.06. The highest BCUT2D eigenvalue weighted by Gasteiger charge is 2.11. The average Bonchev–Trinajstić information content (AvgIpc) is 2.82. The molecule has 1 N–H and O–H groups in total. The van der Waals surface area contributed by atoms with Crippen molar-refractivity contribution in [3.05, 3.63) is 60.7 Å². The first-order valence-corrected chi connectivity index (χ1v) is 6.94. The molecule has 0 radical (unpaired) electrons. The van der Waals surface area contributed by atoms with Gasteiger partial charge in [0.2, 0.25) is 0 Å². The zero-order valence-corrected chi connectivity index (χ0v) is 12.0. The maximum absolute atomic E-state index is 11.9. The predicted octanol–water partition coefficient (Wildman–Crippen LogP) is 3.35. The number of carbonyl (C=O) groups excluding carboxylic acids is 1. The van der Waals surface area contributed by atoms with E-state index in [0.29, 0.717) is 6.54 Å². The first-order valence-electron chi connectivity index (χ1n) is 5.33. The molecule has 0 saturated carbocycles. The van der Waals surface area contributed by atoms with Crippen LogP contribution in [0.5, 0.6) is 0 Å².